The monoisotopic (exact) mass is 924 g/mol. The van der Waals surface area contributed by atoms with Gasteiger partial charge < -0.3 is 8.83 Å². The van der Waals surface area contributed by atoms with E-state index in [-0.39, 0.29) is 61.7 Å². The normalized spacial score (nSPS) is 17.1. The number of hydrogen-bond donors (Lipinski definition) is 0. The van der Waals surface area contributed by atoms with Gasteiger partial charge in [0.15, 0.2) is 28.4 Å². The van der Waals surface area contributed by atoms with Crippen LogP contribution in [0.25, 0.3) is 94.6 Å². The SMILES string of the molecule is [2H]C([2H])([2H])c1c2oc(C(C)(C)C)nc2nc2oc3c4c(cc(C([2H])([2H])[2H])c3c12)C1(c2ccccc2-c2ccc(C(C)(C)C)c[n+]21)[n+]1c-4n(-c2c(C(C)C)cc(-c3ccccc3)cc2C(C)C)c2c3ccccc3ccc21. The van der Waals surface area contributed by atoms with E-state index in [1.165, 1.54) is 0 Å². The van der Waals surface area contributed by atoms with Gasteiger partial charge in [-0.1, -0.05) is 130 Å². The topological polar surface area (TPSA) is 64.8 Å². The standard InChI is InChI=1S/C63H59N5O2/c1-34(2)44-31-40(38-20-14-13-15-21-38)32-45(35(3)4)53(44)67-54-42-23-17-16-22-39(42)26-28-49(54)68-59(67)52-47(63(68)46-25-19-18-24-43(46)48-29-27-41(33-66(48)63)61(7,8)9)30-36(5)50-51-37(6)55-57(64-58(51)69-56(50)52)65-60(70-55)62(10,11)12/h13-35H,1-12H3/q+2/i5D3,6D3. The van der Waals surface area contributed by atoms with Crippen molar-refractivity contribution >= 4 is 55.1 Å². The van der Waals surface area contributed by atoms with E-state index in [1.54, 1.807) is 0 Å². The van der Waals surface area contributed by atoms with Crippen molar-refractivity contribution in [2.45, 2.75) is 111 Å². The van der Waals surface area contributed by atoms with Crippen molar-refractivity contribution in [2.24, 2.45) is 0 Å². The highest BCUT2D eigenvalue weighted by molar-refractivity contribution is 6.15. The predicted molar refractivity (Wildman–Crippen MR) is 283 cm³/mol. The first-order valence-corrected chi connectivity index (χ1v) is 24.6. The lowest BCUT2D eigenvalue weighted by molar-refractivity contribution is -0.944. The molecule has 0 radical (unpaired) electrons. The van der Waals surface area contributed by atoms with Crippen molar-refractivity contribution in [3.63, 3.8) is 0 Å². The highest BCUT2D eigenvalue weighted by Gasteiger charge is 2.67. The second-order valence-electron chi connectivity index (χ2n) is 22.2. The van der Waals surface area contributed by atoms with E-state index in [4.69, 9.17) is 18.8 Å². The lowest BCUT2D eigenvalue weighted by atomic mass is 9.86. The molecule has 346 valence electrons. The second-order valence-corrected chi connectivity index (χ2v) is 22.2. The maximum absolute atomic E-state index is 9.51. The van der Waals surface area contributed by atoms with Crippen LogP contribution in [-0.2, 0) is 16.5 Å². The smallest absolute Gasteiger partial charge is 0.364 e. The van der Waals surface area contributed by atoms with Gasteiger partial charge in [-0.3, -0.25) is 0 Å². The summed E-state index contributed by atoms with van der Waals surface area (Å²) in [4.78, 5) is 9.76. The summed E-state index contributed by atoms with van der Waals surface area (Å²) < 4.78 is 77.1. The molecule has 0 aliphatic carbocycles. The molecule has 6 aromatic carbocycles. The molecule has 5 aromatic heterocycles. The molecule has 13 rings (SSSR count). The maximum atomic E-state index is 9.51. The fourth-order valence-corrected chi connectivity index (χ4v) is 11.7. The zero-order valence-electron chi connectivity index (χ0n) is 47.3. The van der Waals surface area contributed by atoms with Crippen LogP contribution in [0.3, 0.4) is 0 Å². The van der Waals surface area contributed by atoms with Gasteiger partial charge in [0.1, 0.15) is 11.3 Å². The Bertz CT molecular complexity index is 4270. The third kappa shape index (κ3) is 5.57. The maximum Gasteiger partial charge on any atom is 0.364 e. The lowest BCUT2D eigenvalue weighted by Gasteiger charge is -2.23. The zero-order valence-corrected chi connectivity index (χ0v) is 41.3. The lowest BCUT2D eigenvalue weighted by Crippen LogP contribution is -2.71. The molecule has 0 saturated carbocycles. The number of hydrogen-bond acceptors (Lipinski definition) is 4. The zero-order chi connectivity index (χ0) is 53.5. The molecule has 2 aliphatic rings. The molecule has 7 heteroatoms. The Morgan fingerprint density at radius 2 is 1.40 bits per heavy atom. The first-order valence-electron chi connectivity index (χ1n) is 27.6. The van der Waals surface area contributed by atoms with Gasteiger partial charge in [0.05, 0.1) is 22.1 Å². The van der Waals surface area contributed by atoms with Crippen LogP contribution < -0.4 is 9.13 Å². The minimum Gasteiger partial charge on any atom is -0.438 e. The average molecular weight is 924 g/mol. The summed E-state index contributed by atoms with van der Waals surface area (Å²) >= 11 is 0. The van der Waals surface area contributed by atoms with E-state index in [0.717, 1.165) is 78.0 Å². The van der Waals surface area contributed by atoms with E-state index in [0.29, 0.717) is 17.0 Å². The van der Waals surface area contributed by atoms with Crippen molar-refractivity contribution in [1.82, 2.24) is 14.5 Å². The number of nitrogens with zero attached hydrogens (tertiary/aromatic N) is 5. The Morgan fingerprint density at radius 1 is 0.671 bits per heavy atom. The van der Waals surface area contributed by atoms with Gasteiger partial charge >= 0.3 is 11.5 Å². The molecule has 0 amide bonds. The van der Waals surface area contributed by atoms with Crippen LogP contribution >= 0.6 is 0 Å². The largest absolute Gasteiger partial charge is 0.438 e. The Hall–Kier alpha value is -7.38. The third-order valence-electron chi connectivity index (χ3n) is 15.1. The summed E-state index contributed by atoms with van der Waals surface area (Å²) in [6.45, 7) is 15.8. The summed E-state index contributed by atoms with van der Waals surface area (Å²) in [6.07, 6.45) is 2.25. The number of aryl methyl sites for hydroxylation is 2. The van der Waals surface area contributed by atoms with Crippen molar-refractivity contribution < 1.29 is 26.2 Å². The van der Waals surface area contributed by atoms with Crippen LogP contribution in [-0.4, -0.2) is 14.5 Å². The summed E-state index contributed by atoms with van der Waals surface area (Å²) in [5, 5.41) is 2.31. The number of imidazole rings is 1. The van der Waals surface area contributed by atoms with Crippen molar-refractivity contribution in [2.75, 3.05) is 0 Å². The van der Waals surface area contributed by atoms with Crippen molar-refractivity contribution in [3.05, 3.63) is 172 Å². The van der Waals surface area contributed by atoms with Gasteiger partial charge in [-0.25, -0.2) is 0 Å². The number of fused-ring (bicyclic) bond motifs is 19. The average Bonchev–Trinajstić information content (AvgIpc) is 4.37. The van der Waals surface area contributed by atoms with Crippen LogP contribution in [0.2, 0.25) is 0 Å². The number of oxazole rings is 1. The molecule has 1 spiro atoms. The predicted octanol–water partition coefficient (Wildman–Crippen LogP) is 15.2. The summed E-state index contributed by atoms with van der Waals surface area (Å²) in [5.41, 5.74) is 10.6. The fraction of sp³-hybridized carbons (Fsp3) is 0.270. The molecule has 0 fully saturated rings. The van der Waals surface area contributed by atoms with Crippen LogP contribution in [0.1, 0.15) is 134 Å². The van der Waals surface area contributed by atoms with E-state index >= 15 is 0 Å². The van der Waals surface area contributed by atoms with Gasteiger partial charge in [-0.05, 0) is 108 Å². The molecule has 1 atom stereocenters. The van der Waals surface area contributed by atoms with Gasteiger partial charge in [-0.15, -0.1) is 9.13 Å². The number of furan rings is 1. The van der Waals surface area contributed by atoms with E-state index in [9.17, 15) is 8.22 Å². The summed E-state index contributed by atoms with van der Waals surface area (Å²) in [7, 11) is 0. The molecule has 7 nitrogen and oxygen atoms in total. The first kappa shape index (κ1) is 36.6. The quantitative estimate of drug-likeness (QED) is 0.165. The highest BCUT2D eigenvalue weighted by Crippen LogP contribution is 2.55. The Balaban J connectivity index is 1.34. The minimum atomic E-state index is -2.81. The molecular weight excluding hydrogens is 859 g/mol. The van der Waals surface area contributed by atoms with Crippen LogP contribution in [0.15, 0.2) is 136 Å². The fourth-order valence-electron chi connectivity index (χ4n) is 11.7. The van der Waals surface area contributed by atoms with Crippen LogP contribution in [0.4, 0.5) is 0 Å². The van der Waals surface area contributed by atoms with Crippen molar-refractivity contribution in [3.8, 4) is 39.5 Å². The summed E-state index contributed by atoms with van der Waals surface area (Å²) in [6, 6.07) is 42.7. The van der Waals surface area contributed by atoms with Crippen LogP contribution in [0.5, 0.6) is 0 Å². The van der Waals surface area contributed by atoms with Gasteiger partial charge in [0.2, 0.25) is 22.9 Å². The number of pyridine rings is 2. The molecule has 2 aliphatic heterocycles. The molecular formula is C63H59N5O2+2. The first-order chi connectivity index (χ1) is 35.9. The molecule has 0 N–H and O–H groups in total. The second kappa shape index (κ2) is 14.3. The summed E-state index contributed by atoms with van der Waals surface area (Å²) in [5.74, 6) is 1.13. The third-order valence-corrected chi connectivity index (χ3v) is 15.1. The van der Waals surface area contributed by atoms with E-state index in [1.807, 2.05) is 32.9 Å². The van der Waals surface area contributed by atoms with E-state index in [2.05, 4.69) is 178 Å². The molecule has 70 heavy (non-hydrogen) atoms. The Labute approximate surface area is 417 Å². The molecule has 1 unspecified atom stereocenters. The van der Waals surface area contributed by atoms with Gasteiger partial charge in [-0.2, -0.15) is 14.5 Å². The Kier molecular flexibility index (Phi) is 7.50. The highest BCUT2D eigenvalue weighted by atomic mass is 16.4. The Morgan fingerprint density at radius 3 is 2.11 bits per heavy atom. The van der Waals surface area contributed by atoms with Crippen LogP contribution in [0, 0.1) is 13.7 Å². The van der Waals surface area contributed by atoms with Gasteiger partial charge in [0.25, 0.3) is 0 Å². The van der Waals surface area contributed by atoms with Crippen molar-refractivity contribution in [1.29, 1.82) is 0 Å². The minimum absolute atomic E-state index is 0.0187. The van der Waals surface area contributed by atoms with E-state index < -0.39 is 24.8 Å². The molecule has 11 aromatic rings. The molecule has 7 heterocycles. The number of aromatic nitrogens is 5. The molecule has 0 bridgehead atoms. The number of rotatable bonds is 4. The van der Waals surface area contributed by atoms with Gasteiger partial charge in [0, 0.05) is 52.7 Å². The molecule has 0 saturated heterocycles. The number of benzene rings is 6.